The zero-order valence-corrected chi connectivity index (χ0v) is 13.8. The van der Waals surface area contributed by atoms with Gasteiger partial charge in [-0.15, -0.1) is 0 Å². The van der Waals surface area contributed by atoms with Gasteiger partial charge in [0.15, 0.2) is 0 Å². The standard InChI is InChI=1S/C21H23NO/c1-4-17-7-9-18(10-8-17)21(15-16-23)19-11-13-20(14-12-19)22(5-2)6-3/h4,7-16H,1,5-6H2,2-3H3. The van der Waals surface area contributed by atoms with Gasteiger partial charge in [-0.25, -0.2) is 0 Å². The van der Waals surface area contributed by atoms with Gasteiger partial charge in [0, 0.05) is 18.8 Å². The molecule has 0 amide bonds. The highest BCUT2D eigenvalue weighted by molar-refractivity contribution is 5.90. The lowest BCUT2D eigenvalue weighted by Gasteiger charge is -2.21. The molecule has 0 aromatic heterocycles. The number of nitrogens with zero attached hydrogens (tertiary/aromatic N) is 1. The molecular formula is C21H23NO. The third-order valence-corrected chi connectivity index (χ3v) is 4.00. The minimum Gasteiger partial charge on any atom is -0.372 e. The molecule has 118 valence electrons. The molecule has 0 radical (unpaired) electrons. The SMILES string of the molecule is C=Cc1ccc(C(=CC=O)c2ccc(N(CC)CC)cc2)cc1. The first-order valence-electron chi connectivity index (χ1n) is 7.97. The van der Waals surface area contributed by atoms with Crippen LogP contribution in [0.5, 0.6) is 0 Å². The third-order valence-electron chi connectivity index (χ3n) is 4.00. The minimum atomic E-state index is 0.842. The molecule has 0 aliphatic carbocycles. The lowest BCUT2D eigenvalue weighted by atomic mass is 9.96. The molecule has 0 bridgehead atoms. The summed E-state index contributed by atoms with van der Waals surface area (Å²) in [6, 6.07) is 16.4. The minimum absolute atomic E-state index is 0.842. The molecule has 0 saturated heterocycles. The molecule has 0 aliphatic rings. The Kier molecular flexibility index (Phi) is 5.93. The maximum absolute atomic E-state index is 11.1. The number of hydrogen-bond donors (Lipinski definition) is 0. The van der Waals surface area contributed by atoms with Gasteiger partial charge in [-0.2, -0.15) is 0 Å². The van der Waals surface area contributed by atoms with Gasteiger partial charge < -0.3 is 4.90 Å². The maximum atomic E-state index is 11.1. The van der Waals surface area contributed by atoms with Crippen molar-refractivity contribution in [3.8, 4) is 0 Å². The lowest BCUT2D eigenvalue weighted by Crippen LogP contribution is -2.21. The molecule has 2 aromatic rings. The van der Waals surface area contributed by atoms with Gasteiger partial charge in [-0.3, -0.25) is 4.79 Å². The summed E-state index contributed by atoms with van der Waals surface area (Å²) >= 11 is 0. The summed E-state index contributed by atoms with van der Waals surface area (Å²) in [6.45, 7) is 10.0. The van der Waals surface area contributed by atoms with E-state index in [-0.39, 0.29) is 0 Å². The van der Waals surface area contributed by atoms with E-state index >= 15 is 0 Å². The molecule has 2 nitrogen and oxygen atoms in total. The smallest absolute Gasteiger partial charge is 0.143 e. The number of carbonyl (C=O) groups excluding carboxylic acids is 1. The number of anilines is 1. The molecule has 0 saturated carbocycles. The van der Waals surface area contributed by atoms with Crippen molar-refractivity contribution in [2.24, 2.45) is 0 Å². The molecule has 0 unspecified atom stereocenters. The van der Waals surface area contributed by atoms with Crippen LogP contribution in [0, 0.1) is 0 Å². The van der Waals surface area contributed by atoms with Crippen LogP contribution in [-0.4, -0.2) is 19.4 Å². The first-order valence-corrected chi connectivity index (χ1v) is 7.97. The van der Waals surface area contributed by atoms with Gasteiger partial charge in [-0.05, 0) is 54.3 Å². The Labute approximate surface area is 138 Å². The van der Waals surface area contributed by atoms with E-state index < -0.39 is 0 Å². The second kappa shape index (κ2) is 8.14. The Morgan fingerprint density at radius 3 is 1.91 bits per heavy atom. The van der Waals surface area contributed by atoms with Gasteiger partial charge in [0.25, 0.3) is 0 Å². The van der Waals surface area contributed by atoms with Crippen molar-refractivity contribution < 1.29 is 4.79 Å². The second-order valence-corrected chi connectivity index (χ2v) is 5.26. The number of hydrogen-bond acceptors (Lipinski definition) is 2. The van der Waals surface area contributed by atoms with Crippen LogP contribution >= 0.6 is 0 Å². The Balaban J connectivity index is 2.36. The van der Waals surface area contributed by atoms with Crippen LogP contribution in [-0.2, 0) is 4.79 Å². The average Bonchev–Trinajstić information content (AvgIpc) is 2.62. The van der Waals surface area contributed by atoms with Gasteiger partial charge in [-0.1, -0.05) is 49.1 Å². The van der Waals surface area contributed by atoms with Gasteiger partial charge in [0.1, 0.15) is 6.29 Å². The zero-order chi connectivity index (χ0) is 16.7. The van der Waals surface area contributed by atoms with Crippen LogP contribution in [0.25, 0.3) is 11.6 Å². The molecule has 0 spiro atoms. The Hall–Kier alpha value is -2.61. The van der Waals surface area contributed by atoms with E-state index in [1.54, 1.807) is 6.08 Å². The topological polar surface area (TPSA) is 20.3 Å². The zero-order valence-electron chi connectivity index (χ0n) is 13.8. The van der Waals surface area contributed by atoms with E-state index in [1.807, 2.05) is 30.3 Å². The summed E-state index contributed by atoms with van der Waals surface area (Å²) in [6.07, 6.45) is 4.27. The average molecular weight is 305 g/mol. The van der Waals surface area contributed by atoms with Crippen molar-refractivity contribution in [3.05, 3.63) is 77.9 Å². The monoisotopic (exact) mass is 305 g/mol. The van der Waals surface area contributed by atoms with Crippen molar-refractivity contribution in [2.75, 3.05) is 18.0 Å². The number of aldehydes is 1. The normalized spacial score (nSPS) is 11.1. The Morgan fingerprint density at radius 1 is 0.957 bits per heavy atom. The van der Waals surface area contributed by atoms with E-state index in [9.17, 15) is 4.79 Å². The van der Waals surface area contributed by atoms with Gasteiger partial charge in [0.2, 0.25) is 0 Å². The van der Waals surface area contributed by atoms with Crippen LogP contribution in [0.15, 0.2) is 61.2 Å². The molecule has 23 heavy (non-hydrogen) atoms. The third kappa shape index (κ3) is 3.98. The predicted octanol–water partition coefficient (Wildman–Crippen LogP) is 4.81. The summed E-state index contributed by atoms with van der Waals surface area (Å²) < 4.78 is 0. The van der Waals surface area contributed by atoms with E-state index in [1.165, 1.54) is 5.69 Å². The second-order valence-electron chi connectivity index (χ2n) is 5.26. The maximum Gasteiger partial charge on any atom is 0.143 e. The predicted molar refractivity (Wildman–Crippen MR) is 99.7 cm³/mol. The highest BCUT2D eigenvalue weighted by Crippen LogP contribution is 2.26. The van der Waals surface area contributed by atoms with E-state index in [2.05, 4.69) is 49.6 Å². The molecule has 0 fully saturated rings. The van der Waals surface area contributed by atoms with Crippen LogP contribution in [0.4, 0.5) is 5.69 Å². The molecule has 2 heteroatoms. The van der Waals surface area contributed by atoms with E-state index in [4.69, 9.17) is 0 Å². The fourth-order valence-electron chi connectivity index (χ4n) is 2.67. The molecule has 0 heterocycles. The van der Waals surface area contributed by atoms with Gasteiger partial charge >= 0.3 is 0 Å². The fourth-order valence-corrected chi connectivity index (χ4v) is 2.67. The van der Waals surface area contributed by atoms with Crippen molar-refractivity contribution in [1.29, 1.82) is 0 Å². The van der Waals surface area contributed by atoms with Crippen LogP contribution in [0.2, 0.25) is 0 Å². The summed E-state index contributed by atoms with van der Waals surface area (Å²) in [5.41, 5.74) is 5.27. The highest BCUT2D eigenvalue weighted by atomic mass is 16.1. The molecule has 2 rings (SSSR count). The molecule has 0 aliphatic heterocycles. The summed E-state index contributed by atoms with van der Waals surface area (Å²) in [5.74, 6) is 0. The molecular weight excluding hydrogens is 282 g/mol. The Morgan fingerprint density at radius 2 is 1.48 bits per heavy atom. The summed E-state index contributed by atoms with van der Waals surface area (Å²) in [5, 5.41) is 0. The van der Waals surface area contributed by atoms with Crippen molar-refractivity contribution >= 4 is 23.6 Å². The first kappa shape index (κ1) is 16.8. The quantitative estimate of drug-likeness (QED) is 0.540. The number of carbonyl (C=O) groups is 1. The van der Waals surface area contributed by atoms with Crippen molar-refractivity contribution in [3.63, 3.8) is 0 Å². The van der Waals surface area contributed by atoms with Crippen molar-refractivity contribution in [2.45, 2.75) is 13.8 Å². The van der Waals surface area contributed by atoms with Crippen molar-refractivity contribution in [1.82, 2.24) is 0 Å². The molecule has 0 N–H and O–H groups in total. The Bertz CT molecular complexity index is 677. The first-order chi connectivity index (χ1) is 11.2. The number of benzene rings is 2. The van der Waals surface area contributed by atoms with E-state index in [0.717, 1.165) is 41.6 Å². The van der Waals surface area contributed by atoms with Crippen LogP contribution in [0.1, 0.15) is 30.5 Å². The largest absolute Gasteiger partial charge is 0.372 e. The number of allylic oxidation sites excluding steroid dienone is 1. The van der Waals surface area contributed by atoms with Gasteiger partial charge in [0.05, 0.1) is 0 Å². The lowest BCUT2D eigenvalue weighted by molar-refractivity contribution is -0.104. The molecule has 0 atom stereocenters. The number of rotatable bonds is 7. The van der Waals surface area contributed by atoms with E-state index in [0.29, 0.717) is 0 Å². The fraction of sp³-hybridized carbons (Fsp3) is 0.190. The summed E-state index contributed by atoms with van der Waals surface area (Å²) in [7, 11) is 0. The van der Waals surface area contributed by atoms with Crippen LogP contribution < -0.4 is 4.90 Å². The summed E-state index contributed by atoms with van der Waals surface area (Å²) in [4.78, 5) is 13.3. The highest BCUT2D eigenvalue weighted by Gasteiger charge is 2.07. The molecule has 2 aromatic carbocycles. The van der Waals surface area contributed by atoms with Crippen LogP contribution in [0.3, 0.4) is 0 Å².